The van der Waals surface area contributed by atoms with Gasteiger partial charge in [-0.3, -0.25) is 4.79 Å². The fourth-order valence-electron chi connectivity index (χ4n) is 1.38. The number of ether oxygens (including phenoxy) is 1. The van der Waals surface area contributed by atoms with Gasteiger partial charge in [-0.25, -0.2) is 0 Å². The first-order valence-corrected chi connectivity index (χ1v) is 6.70. The van der Waals surface area contributed by atoms with Crippen LogP contribution in [0, 0.1) is 6.92 Å². The maximum absolute atomic E-state index is 11.5. The summed E-state index contributed by atoms with van der Waals surface area (Å²) in [4.78, 5) is 11.5. The van der Waals surface area contributed by atoms with E-state index in [1.54, 1.807) is 0 Å². The molecule has 0 saturated carbocycles. The predicted octanol–water partition coefficient (Wildman–Crippen LogP) is 2.41. The van der Waals surface area contributed by atoms with Gasteiger partial charge in [0.1, 0.15) is 5.75 Å². The third kappa shape index (κ3) is 6.80. The summed E-state index contributed by atoms with van der Waals surface area (Å²) in [5, 5.41) is 2.78. The van der Waals surface area contributed by atoms with E-state index in [4.69, 9.17) is 10.5 Å². The number of hydrogen-bond donors (Lipinski definition) is 2. The zero-order chi connectivity index (χ0) is 13.5. The second-order valence-corrected chi connectivity index (χ2v) is 5.09. The molecule has 0 aliphatic rings. The number of rotatable bonds is 6. The van der Waals surface area contributed by atoms with Gasteiger partial charge < -0.3 is 15.8 Å². The van der Waals surface area contributed by atoms with E-state index in [2.05, 4.69) is 21.2 Å². The molecule has 1 atom stereocenters. The van der Waals surface area contributed by atoms with Crippen molar-refractivity contribution >= 4 is 34.2 Å². The molecule has 3 N–H and O–H groups in total. The number of benzene rings is 1. The molecular weight excluding hydrogens is 332 g/mol. The zero-order valence-corrected chi connectivity index (χ0v) is 13.5. The first-order chi connectivity index (χ1) is 8.52. The monoisotopic (exact) mass is 350 g/mol. The second-order valence-electron chi connectivity index (χ2n) is 4.24. The Morgan fingerprint density at radius 2 is 2.21 bits per heavy atom. The first kappa shape index (κ1) is 18.2. The van der Waals surface area contributed by atoms with Gasteiger partial charge in [-0.15, -0.1) is 12.4 Å². The minimum Gasteiger partial charge on any atom is -0.492 e. The van der Waals surface area contributed by atoms with Crippen LogP contribution in [-0.2, 0) is 4.79 Å². The molecular formula is C13H20BrClN2O2. The van der Waals surface area contributed by atoms with Crippen molar-refractivity contribution in [3.8, 4) is 5.75 Å². The summed E-state index contributed by atoms with van der Waals surface area (Å²) < 4.78 is 6.44. The number of amides is 1. The molecule has 19 heavy (non-hydrogen) atoms. The van der Waals surface area contributed by atoms with Crippen molar-refractivity contribution in [2.75, 3.05) is 13.2 Å². The molecule has 0 aliphatic carbocycles. The van der Waals surface area contributed by atoms with Crippen LogP contribution in [0.1, 0.15) is 18.9 Å². The summed E-state index contributed by atoms with van der Waals surface area (Å²) >= 11 is 3.42. The van der Waals surface area contributed by atoms with Gasteiger partial charge in [-0.05, 0) is 47.5 Å². The summed E-state index contributed by atoms with van der Waals surface area (Å²) in [7, 11) is 0. The van der Waals surface area contributed by atoms with Crippen molar-refractivity contribution in [2.45, 2.75) is 26.3 Å². The summed E-state index contributed by atoms with van der Waals surface area (Å²) in [5.41, 5.74) is 6.58. The van der Waals surface area contributed by atoms with Crippen molar-refractivity contribution in [3.05, 3.63) is 28.2 Å². The SMILES string of the molecule is Cc1ccc(OCCC(=O)N[C@@H](C)CN)c(Br)c1.Cl. The Balaban J connectivity index is 0.00000324. The predicted molar refractivity (Wildman–Crippen MR) is 82.9 cm³/mol. The molecule has 1 aromatic rings. The van der Waals surface area contributed by atoms with E-state index in [0.717, 1.165) is 15.8 Å². The van der Waals surface area contributed by atoms with Crippen LogP contribution in [0.5, 0.6) is 5.75 Å². The molecule has 1 aromatic carbocycles. The molecule has 1 amide bonds. The van der Waals surface area contributed by atoms with Gasteiger partial charge in [0.05, 0.1) is 17.5 Å². The topological polar surface area (TPSA) is 64.3 Å². The third-order valence-electron chi connectivity index (χ3n) is 2.44. The van der Waals surface area contributed by atoms with Crippen LogP contribution in [-0.4, -0.2) is 25.1 Å². The molecule has 6 heteroatoms. The lowest BCUT2D eigenvalue weighted by molar-refractivity contribution is -0.122. The first-order valence-electron chi connectivity index (χ1n) is 5.91. The molecule has 0 aromatic heterocycles. The quantitative estimate of drug-likeness (QED) is 0.827. The van der Waals surface area contributed by atoms with Gasteiger partial charge in [-0.1, -0.05) is 6.07 Å². The molecule has 0 radical (unpaired) electrons. The highest BCUT2D eigenvalue weighted by Crippen LogP contribution is 2.25. The van der Waals surface area contributed by atoms with Crippen molar-refractivity contribution in [2.24, 2.45) is 5.73 Å². The Morgan fingerprint density at radius 1 is 1.53 bits per heavy atom. The minimum atomic E-state index is -0.0452. The smallest absolute Gasteiger partial charge is 0.223 e. The van der Waals surface area contributed by atoms with E-state index in [1.165, 1.54) is 0 Å². The Morgan fingerprint density at radius 3 is 2.79 bits per heavy atom. The van der Waals surface area contributed by atoms with E-state index in [9.17, 15) is 4.79 Å². The standard InChI is InChI=1S/C13H19BrN2O2.ClH/c1-9-3-4-12(11(14)7-9)18-6-5-13(17)16-10(2)8-15;/h3-4,7,10H,5-6,8,15H2,1-2H3,(H,16,17);1H/t10-;/m0./s1. The fourth-order valence-corrected chi connectivity index (χ4v) is 1.99. The lowest BCUT2D eigenvalue weighted by Crippen LogP contribution is -2.38. The number of nitrogens with one attached hydrogen (secondary N) is 1. The summed E-state index contributed by atoms with van der Waals surface area (Å²) in [6, 6.07) is 5.84. The van der Waals surface area contributed by atoms with Gasteiger partial charge in [0.15, 0.2) is 0 Å². The molecule has 0 bridgehead atoms. The average Bonchev–Trinajstić information content (AvgIpc) is 2.31. The highest BCUT2D eigenvalue weighted by atomic mass is 79.9. The maximum Gasteiger partial charge on any atom is 0.223 e. The molecule has 0 aliphatic heterocycles. The highest BCUT2D eigenvalue weighted by Gasteiger charge is 2.06. The van der Waals surface area contributed by atoms with Gasteiger partial charge in [0, 0.05) is 12.6 Å². The van der Waals surface area contributed by atoms with E-state index < -0.39 is 0 Å². The third-order valence-corrected chi connectivity index (χ3v) is 3.05. The van der Waals surface area contributed by atoms with Crippen LogP contribution in [0.3, 0.4) is 0 Å². The Labute approximate surface area is 128 Å². The molecule has 0 spiro atoms. The van der Waals surface area contributed by atoms with Crippen molar-refractivity contribution in [1.82, 2.24) is 5.32 Å². The Kier molecular flexibility index (Phi) is 8.80. The number of hydrogen-bond acceptors (Lipinski definition) is 3. The average molecular weight is 352 g/mol. The van der Waals surface area contributed by atoms with E-state index >= 15 is 0 Å². The second kappa shape index (κ2) is 9.18. The van der Waals surface area contributed by atoms with Crippen LogP contribution in [0.4, 0.5) is 0 Å². The summed E-state index contributed by atoms with van der Waals surface area (Å²) in [5.74, 6) is 0.705. The lowest BCUT2D eigenvalue weighted by atomic mass is 10.2. The van der Waals surface area contributed by atoms with Gasteiger partial charge in [-0.2, -0.15) is 0 Å². The van der Waals surface area contributed by atoms with Crippen LogP contribution in [0.2, 0.25) is 0 Å². The molecule has 4 nitrogen and oxygen atoms in total. The fraction of sp³-hybridized carbons (Fsp3) is 0.462. The van der Waals surface area contributed by atoms with Gasteiger partial charge in [0.25, 0.3) is 0 Å². The van der Waals surface area contributed by atoms with Crippen LogP contribution in [0.15, 0.2) is 22.7 Å². The summed E-state index contributed by atoms with van der Waals surface area (Å²) in [6.07, 6.45) is 0.324. The lowest BCUT2D eigenvalue weighted by Gasteiger charge is -2.12. The normalized spacial score (nSPS) is 11.4. The van der Waals surface area contributed by atoms with Crippen LogP contribution in [0.25, 0.3) is 0 Å². The molecule has 0 fully saturated rings. The largest absolute Gasteiger partial charge is 0.492 e. The van der Waals surface area contributed by atoms with Gasteiger partial charge in [0.2, 0.25) is 5.91 Å². The Hall–Kier alpha value is -0.780. The van der Waals surface area contributed by atoms with E-state index in [1.807, 2.05) is 32.0 Å². The number of aryl methyl sites for hydroxylation is 1. The van der Waals surface area contributed by atoms with Crippen molar-refractivity contribution in [1.29, 1.82) is 0 Å². The molecule has 108 valence electrons. The van der Waals surface area contributed by atoms with E-state index in [-0.39, 0.29) is 24.4 Å². The molecule has 0 unspecified atom stereocenters. The molecule has 0 saturated heterocycles. The Bertz CT molecular complexity index is 416. The number of carbonyl (C=O) groups is 1. The van der Waals surface area contributed by atoms with Crippen LogP contribution < -0.4 is 15.8 Å². The highest BCUT2D eigenvalue weighted by molar-refractivity contribution is 9.10. The maximum atomic E-state index is 11.5. The molecule has 1 rings (SSSR count). The summed E-state index contributed by atoms with van der Waals surface area (Å²) in [6.45, 7) is 4.67. The number of halogens is 2. The number of nitrogens with two attached hydrogens (primary N) is 1. The van der Waals surface area contributed by atoms with Crippen molar-refractivity contribution < 1.29 is 9.53 Å². The van der Waals surface area contributed by atoms with Crippen molar-refractivity contribution in [3.63, 3.8) is 0 Å². The molecule has 0 heterocycles. The van der Waals surface area contributed by atoms with E-state index in [0.29, 0.717) is 19.6 Å². The van der Waals surface area contributed by atoms with Crippen LogP contribution >= 0.6 is 28.3 Å². The zero-order valence-electron chi connectivity index (χ0n) is 11.1. The minimum absolute atomic E-state index is 0. The number of carbonyl (C=O) groups excluding carboxylic acids is 1. The van der Waals surface area contributed by atoms with Gasteiger partial charge >= 0.3 is 0 Å².